The van der Waals surface area contributed by atoms with Crippen molar-refractivity contribution in [1.29, 1.82) is 5.26 Å². The Morgan fingerprint density at radius 2 is 1.84 bits per heavy atom. The van der Waals surface area contributed by atoms with Crippen molar-refractivity contribution in [2.75, 3.05) is 13.1 Å². The van der Waals surface area contributed by atoms with Crippen LogP contribution in [0.15, 0.2) is 35.1 Å². The Bertz CT molecular complexity index is 1380. The van der Waals surface area contributed by atoms with Gasteiger partial charge in [0, 0.05) is 22.8 Å². The summed E-state index contributed by atoms with van der Waals surface area (Å²) in [5.74, 6) is -0.293. The molecule has 1 aliphatic rings. The summed E-state index contributed by atoms with van der Waals surface area (Å²) in [5, 5.41) is 9.94. The van der Waals surface area contributed by atoms with E-state index < -0.39 is 0 Å². The molecule has 0 bridgehead atoms. The fourth-order valence-electron chi connectivity index (χ4n) is 3.85. The third kappa shape index (κ3) is 4.14. The molecule has 1 amide bonds. The molecule has 0 aliphatic carbocycles. The van der Waals surface area contributed by atoms with Gasteiger partial charge in [0.2, 0.25) is 0 Å². The number of carbonyl (C=O) groups is 1. The maximum Gasteiger partial charge on any atom is 0.273 e. The molecule has 0 N–H and O–H groups in total. The summed E-state index contributed by atoms with van der Waals surface area (Å²) >= 11 is 2.82. The van der Waals surface area contributed by atoms with E-state index in [9.17, 15) is 14.9 Å². The first-order valence-corrected chi connectivity index (χ1v) is 11.8. The average Bonchev–Trinajstić information content (AvgIpc) is 3.46. The van der Waals surface area contributed by atoms with Crippen LogP contribution in [0.1, 0.15) is 33.7 Å². The molecule has 4 rings (SSSR count). The van der Waals surface area contributed by atoms with Gasteiger partial charge in [0.15, 0.2) is 5.57 Å². The number of amides is 1. The highest BCUT2D eigenvalue weighted by atomic mass is 32.1. The normalized spacial score (nSPS) is 15.3. The van der Waals surface area contributed by atoms with Crippen LogP contribution in [0, 0.1) is 32.1 Å². The summed E-state index contributed by atoms with van der Waals surface area (Å²) in [4.78, 5) is 30.5. The highest BCUT2D eigenvalue weighted by Gasteiger charge is 2.24. The average molecular weight is 450 g/mol. The molecular formula is C24H23N3O2S2. The lowest BCUT2D eigenvalue weighted by atomic mass is 10.1. The number of benzene rings is 1. The van der Waals surface area contributed by atoms with Gasteiger partial charge in [-0.2, -0.15) is 5.26 Å². The van der Waals surface area contributed by atoms with Crippen LogP contribution in [0.25, 0.3) is 17.3 Å². The smallest absolute Gasteiger partial charge is 0.273 e. The van der Waals surface area contributed by atoms with Crippen LogP contribution in [0.2, 0.25) is 0 Å². The highest BCUT2D eigenvalue weighted by molar-refractivity contribution is 7.13. The second kappa shape index (κ2) is 8.66. The van der Waals surface area contributed by atoms with Gasteiger partial charge in [-0.25, -0.2) is 0 Å². The summed E-state index contributed by atoms with van der Waals surface area (Å²) in [7, 11) is 0. The second-order valence-corrected chi connectivity index (χ2v) is 10.1. The quantitative estimate of drug-likeness (QED) is 0.617. The van der Waals surface area contributed by atoms with E-state index in [2.05, 4.69) is 6.07 Å². The van der Waals surface area contributed by atoms with Gasteiger partial charge in [0.05, 0.1) is 10.2 Å². The predicted octanol–water partition coefficient (Wildman–Crippen LogP) is 3.01. The van der Waals surface area contributed by atoms with E-state index in [4.69, 9.17) is 0 Å². The fourth-order valence-corrected chi connectivity index (χ4v) is 5.83. The molecule has 0 spiro atoms. The number of thiazole rings is 1. The lowest BCUT2D eigenvalue weighted by Gasteiger charge is -2.14. The van der Waals surface area contributed by atoms with Gasteiger partial charge in [0.25, 0.3) is 11.5 Å². The molecule has 31 heavy (non-hydrogen) atoms. The number of nitriles is 1. The van der Waals surface area contributed by atoms with Crippen LogP contribution in [-0.4, -0.2) is 28.5 Å². The maximum atomic E-state index is 13.5. The molecule has 3 heterocycles. The van der Waals surface area contributed by atoms with Crippen molar-refractivity contribution in [3.8, 4) is 11.8 Å². The van der Waals surface area contributed by atoms with Crippen molar-refractivity contribution < 1.29 is 4.79 Å². The van der Waals surface area contributed by atoms with E-state index in [0.717, 1.165) is 33.7 Å². The minimum absolute atomic E-state index is 0.0333. The second-order valence-electron chi connectivity index (χ2n) is 7.78. The molecule has 2 aromatic heterocycles. The molecule has 158 valence electrons. The largest absolute Gasteiger partial charge is 0.338 e. The van der Waals surface area contributed by atoms with Gasteiger partial charge in [-0.05, 0) is 63.5 Å². The number of carbonyl (C=O) groups excluding carboxylic acids is 1. The molecule has 3 aromatic rings. The molecule has 0 saturated carbocycles. The zero-order valence-electron chi connectivity index (χ0n) is 17.8. The van der Waals surface area contributed by atoms with Crippen molar-refractivity contribution in [2.45, 2.75) is 33.6 Å². The number of likely N-dealkylation sites (tertiary alicyclic amines) is 1. The van der Waals surface area contributed by atoms with E-state index in [0.29, 0.717) is 28.0 Å². The van der Waals surface area contributed by atoms with Crippen LogP contribution in [-0.2, 0) is 4.79 Å². The number of hydrogen-bond acceptors (Lipinski definition) is 5. The van der Waals surface area contributed by atoms with Crippen LogP contribution < -0.4 is 14.8 Å². The molecule has 1 aliphatic heterocycles. The molecule has 0 unspecified atom stereocenters. The standard InChI is InChI=1S/C24H23N3O2S2/c1-15-6-9-20(16(2)12-15)27-23(29)21(13-18-8-7-17(3)30-18)31-24(27)19(14-25)22(28)26-10-4-5-11-26/h6-9,12-13H,4-5,10-11H2,1-3H3/b21-13-,24-19-. The topological polar surface area (TPSA) is 66.1 Å². The Morgan fingerprint density at radius 1 is 1.10 bits per heavy atom. The molecule has 0 radical (unpaired) electrons. The lowest BCUT2D eigenvalue weighted by Crippen LogP contribution is -2.35. The molecule has 1 saturated heterocycles. The number of hydrogen-bond donors (Lipinski definition) is 0. The first kappa shape index (κ1) is 21.3. The Kier molecular flexibility index (Phi) is 5.94. The molecule has 1 fully saturated rings. The van der Waals surface area contributed by atoms with E-state index in [1.165, 1.54) is 15.9 Å². The van der Waals surface area contributed by atoms with Crippen molar-refractivity contribution >= 4 is 40.2 Å². The van der Waals surface area contributed by atoms with E-state index >= 15 is 0 Å². The van der Waals surface area contributed by atoms with Crippen LogP contribution >= 0.6 is 22.7 Å². The minimum Gasteiger partial charge on any atom is -0.338 e. The van der Waals surface area contributed by atoms with Gasteiger partial charge in [-0.15, -0.1) is 22.7 Å². The third-order valence-corrected chi connectivity index (χ3v) is 7.42. The summed E-state index contributed by atoms with van der Waals surface area (Å²) in [6.07, 6.45) is 3.73. The number of thiophene rings is 1. The number of rotatable bonds is 3. The maximum absolute atomic E-state index is 13.5. The summed E-state index contributed by atoms with van der Waals surface area (Å²) in [6, 6.07) is 11.9. The SMILES string of the molecule is Cc1ccc(-n2c(=O)/c(=C/c3ccc(C)s3)s/c2=C(/C#N)C(=O)N2CCCC2)c(C)c1. The number of nitrogens with zero attached hydrogens (tertiary/aromatic N) is 3. The van der Waals surface area contributed by atoms with Crippen LogP contribution in [0.4, 0.5) is 0 Å². The van der Waals surface area contributed by atoms with E-state index in [1.54, 1.807) is 16.2 Å². The van der Waals surface area contributed by atoms with Gasteiger partial charge in [-0.3, -0.25) is 14.2 Å². The van der Waals surface area contributed by atoms with Crippen molar-refractivity contribution in [2.24, 2.45) is 0 Å². The number of aromatic nitrogens is 1. The van der Waals surface area contributed by atoms with Gasteiger partial charge < -0.3 is 4.90 Å². The monoisotopic (exact) mass is 449 g/mol. The van der Waals surface area contributed by atoms with Crippen molar-refractivity contribution in [3.63, 3.8) is 0 Å². The summed E-state index contributed by atoms with van der Waals surface area (Å²) < 4.78 is 2.45. The van der Waals surface area contributed by atoms with Crippen molar-refractivity contribution in [3.05, 3.63) is 70.8 Å². The first-order valence-electron chi connectivity index (χ1n) is 10.2. The number of aryl methyl sites for hydroxylation is 3. The molecule has 1 aromatic carbocycles. The summed E-state index contributed by atoms with van der Waals surface area (Å²) in [6.45, 7) is 7.26. The third-order valence-electron chi connectivity index (χ3n) is 5.38. The Balaban J connectivity index is 2.04. The molecule has 5 nitrogen and oxygen atoms in total. The van der Waals surface area contributed by atoms with Crippen molar-refractivity contribution in [1.82, 2.24) is 9.47 Å². The lowest BCUT2D eigenvalue weighted by molar-refractivity contribution is -0.123. The van der Waals surface area contributed by atoms with Gasteiger partial charge >= 0.3 is 0 Å². The Labute approximate surface area is 188 Å². The first-order chi connectivity index (χ1) is 14.9. The zero-order valence-corrected chi connectivity index (χ0v) is 19.4. The van der Waals surface area contributed by atoms with Crippen LogP contribution in [0.3, 0.4) is 0 Å². The minimum atomic E-state index is -0.293. The van der Waals surface area contributed by atoms with Gasteiger partial charge in [0.1, 0.15) is 10.7 Å². The fraction of sp³-hybridized carbons (Fsp3) is 0.292. The Hall–Kier alpha value is -2.95. The highest BCUT2D eigenvalue weighted by Crippen LogP contribution is 2.17. The summed E-state index contributed by atoms with van der Waals surface area (Å²) in [5.41, 5.74) is 2.53. The Morgan fingerprint density at radius 3 is 2.45 bits per heavy atom. The molecule has 0 atom stereocenters. The zero-order chi connectivity index (χ0) is 22.1. The predicted molar refractivity (Wildman–Crippen MR) is 126 cm³/mol. The van der Waals surface area contributed by atoms with Gasteiger partial charge in [-0.1, -0.05) is 17.7 Å². The van der Waals surface area contributed by atoms with E-state index in [1.807, 2.05) is 57.2 Å². The van der Waals surface area contributed by atoms with E-state index in [-0.39, 0.29) is 17.0 Å². The molecule has 7 heteroatoms. The van der Waals surface area contributed by atoms with Crippen LogP contribution in [0.5, 0.6) is 0 Å². The molecular weight excluding hydrogens is 426 g/mol.